The lowest BCUT2D eigenvalue weighted by molar-refractivity contribution is -0.0505. The van der Waals surface area contributed by atoms with Crippen LogP contribution in [0.2, 0.25) is 25.7 Å². The fraction of sp³-hybridized carbons (Fsp3) is 1.00. The van der Waals surface area contributed by atoms with Gasteiger partial charge < -0.3 is 9.84 Å². The Bertz CT molecular complexity index is 423. The summed E-state index contributed by atoms with van der Waals surface area (Å²) in [5, 5.41) is 9.65. The van der Waals surface area contributed by atoms with E-state index >= 15 is 0 Å². The molecule has 1 N–H and O–H groups in total. The third kappa shape index (κ3) is 7.91. The van der Waals surface area contributed by atoms with E-state index in [1.807, 2.05) is 0 Å². The summed E-state index contributed by atoms with van der Waals surface area (Å²) in [4.78, 5) is 0. The molecule has 0 aliphatic rings. The van der Waals surface area contributed by atoms with Crippen molar-refractivity contribution >= 4 is 18.1 Å². The number of nitrogens with zero attached hydrogens (tertiary/aromatic N) is 1. The van der Waals surface area contributed by atoms with E-state index in [1.165, 1.54) is 6.92 Å². The third-order valence-electron chi connectivity index (χ3n) is 2.93. The predicted octanol–water partition coefficient (Wildman–Crippen LogP) is 2.26. The van der Waals surface area contributed by atoms with Crippen LogP contribution >= 0.6 is 0 Å². The van der Waals surface area contributed by atoms with Gasteiger partial charge in [-0.1, -0.05) is 32.6 Å². The highest BCUT2D eigenvalue weighted by Crippen LogP contribution is 2.26. The molecule has 0 bridgehead atoms. The van der Waals surface area contributed by atoms with E-state index in [1.54, 1.807) is 0 Å². The van der Waals surface area contributed by atoms with E-state index in [0.29, 0.717) is 6.61 Å². The number of ether oxygens (including phenoxy) is 1. The largest absolute Gasteiger partial charge is 0.511 e. The Morgan fingerprint density at radius 1 is 1.27 bits per heavy atom. The van der Waals surface area contributed by atoms with Gasteiger partial charge in [-0.05, 0) is 6.42 Å². The molecule has 0 aliphatic heterocycles. The molecular weight excluding hydrogens is 339 g/mol. The highest BCUT2D eigenvalue weighted by atomic mass is 32.2. The minimum absolute atomic E-state index is 0.185. The lowest BCUT2D eigenvalue weighted by atomic mass is 10.4. The Morgan fingerprint density at radius 2 is 1.82 bits per heavy atom. The van der Waals surface area contributed by atoms with Gasteiger partial charge >= 0.3 is 15.5 Å². The van der Waals surface area contributed by atoms with Crippen molar-refractivity contribution in [2.24, 2.45) is 0 Å². The maximum Gasteiger partial charge on any atom is 0.511 e. The van der Waals surface area contributed by atoms with Gasteiger partial charge in [-0.15, -0.1) is 0 Å². The summed E-state index contributed by atoms with van der Waals surface area (Å²) in [6, 6.07) is 1.05. The first-order valence-electron chi connectivity index (χ1n) is 7.13. The smallest absolute Gasteiger partial charge is 0.389 e. The second-order valence-electron chi connectivity index (χ2n) is 6.29. The highest BCUT2D eigenvalue weighted by molar-refractivity contribution is 7.90. The fourth-order valence-corrected chi connectivity index (χ4v) is 3.96. The summed E-state index contributed by atoms with van der Waals surface area (Å²) in [6.45, 7) is 7.13. The Kier molecular flexibility index (Phi) is 8.56. The number of alkyl halides is 3. The topological polar surface area (TPSA) is 66.8 Å². The van der Waals surface area contributed by atoms with Crippen LogP contribution in [0.25, 0.3) is 0 Å². The average Bonchev–Trinajstić information content (AvgIpc) is 2.32. The highest BCUT2D eigenvalue weighted by Gasteiger charge is 2.49. The van der Waals surface area contributed by atoms with Gasteiger partial charge in [-0.25, -0.2) is 8.42 Å². The van der Waals surface area contributed by atoms with Crippen molar-refractivity contribution in [3.05, 3.63) is 0 Å². The van der Waals surface area contributed by atoms with Crippen molar-refractivity contribution in [3.63, 3.8) is 0 Å². The number of hydrogen-bond acceptors (Lipinski definition) is 4. The Balaban J connectivity index is 4.27. The molecule has 0 rings (SSSR count). The first-order chi connectivity index (χ1) is 9.81. The molecule has 10 heteroatoms. The maximum absolute atomic E-state index is 12.4. The van der Waals surface area contributed by atoms with Gasteiger partial charge in [0, 0.05) is 27.8 Å². The fourth-order valence-electron chi connectivity index (χ4n) is 1.76. The Hall–Kier alpha value is -0.163. The van der Waals surface area contributed by atoms with Crippen LogP contribution in [0.15, 0.2) is 0 Å². The number of sulfonamides is 1. The van der Waals surface area contributed by atoms with Crippen molar-refractivity contribution in [3.8, 4) is 0 Å². The minimum Gasteiger partial charge on any atom is -0.389 e. The number of rotatable bonds is 10. The summed E-state index contributed by atoms with van der Waals surface area (Å²) in [6.07, 6.45) is -0.468. The summed E-state index contributed by atoms with van der Waals surface area (Å²) in [5.74, 6) is 0. The SMILES string of the molecule is CCN(CC(O)COCCC[Si](C)(C)C)S(=O)(=O)C(F)(F)F. The molecule has 0 radical (unpaired) electrons. The van der Waals surface area contributed by atoms with E-state index in [2.05, 4.69) is 19.6 Å². The standard InChI is InChI=1S/C12H26F3NO4SSi/c1-5-16(21(18,19)12(13,14)15)9-11(17)10-20-7-6-8-22(2,3)4/h11,17H,5-10H2,1-4H3. The monoisotopic (exact) mass is 365 g/mol. The molecule has 1 unspecified atom stereocenters. The molecule has 0 saturated heterocycles. The zero-order chi connectivity index (χ0) is 17.6. The first kappa shape index (κ1) is 21.8. The summed E-state index contributed by atoms with van der Waals surface area (Å²) < 4.78 is 65.3. The van der Waals surface area contributed by atoms with Gasteiger partial charge in [0.15, 0.2) is 0 Å². The number of likely N-dealkylation sites (N-methyl/N-ethyl adjacent to an activating group) is 1. The van der Waals surface area contributed by atoms with Gasteiger partial charge in [0.2, 0.25) is 0 Å². The van der Waals surface area contributed by atoms with E-state index in [0.717, 1.165) is 12.5 Å². The normalized spacial score (nSPS) is 15.3. The van der Waals surface area contributed by atoms with E-state index in [9.17, 15) is 26.7 Å². The molecule has 0 aromatic rings. The molecule has 0 spiro atoms. The van der Waals surface area contributed by atoms with Crippen molar-refractivity contribution in [1.29, 1.82) is 0 Å². The van der Waals surface area contributed by atoms with Crippen molar-refractivity contribution < 1.29 is 31.4 Å². The summed E-state index contributed by atoms with van der Waals surface area (Å²) in [7, 11) is -6.58. The van der Waals surface area contributed by atoms with Crippen LogP contribution in [0, 0.1) is 0 Å². The van der Waals surface area contributed by atoms with Crippen molar-refractivity contribution in [1.82, 2.24) is 4.31 Å². The third-order valence-corrected chi connectivity index (χ3v) is 6.45. The van der Waals surface area contributed by atoms with Crippen LogP contribution in [0.3, 0.4) is 0 Å². The predicted molar refractivity (Wildman–Crippen MR) is 81.8 cm³/mol. The molecule has 0 aromatic carbocycles. The Labute approximate surface area is 131 Å². The van der Waals surface area contributed by atoms with Crippen LogP contribution < -0.4 is 0 Å². The number of halogens is 3. The number of aliphatic hydroxyl groups is 1. The molecule has 0 amide bonds. The summed E-state index contributed by atoms with van der Waals surface area (Å²) >= 11 is 0. The van der Waals surface area contributed by atoms with E-state index < -0.39 is 36.3 Å². The van der Waals surface area contributed by atoms with Gasteiger partial charge in [-0.2, -0.15) is 17.5 Å². The molecular formula is C12H26F3NO4SSi. The van der Waals surface area contributed by atoms with Crippen LogP contribution in [-0.2, 0) is 14.8 Å². The average molecular weight is 365 g/mol. The number of aliphatic hydroxyl groups excluding tert-OH is 1. The lowest BCUT2D eigenvalue weighted by Gasteiger charge is -2.24. The molecule has 0 heterocycles. The molecule has 5 nitrogen and oxygen atoms in total. The Morgan fingerprint density at radius 3 is 2.23 bits per heavy atom. The van der Waals surface area contributed by atoms with Crippen LogP contribution in [0.4, 0.5) is 13.2 Å². The van der Waals surface area contributed by atoms with Crippen LogP contribution in [0.1, 0.15) is 13.3 Å². The molecule has 0 aliphatic carbocycles. The molecule has 22 heavy (non-hydrogen) atoms. The minimum atomic E-state index is -5.41. The molecule has 1 atom stereocenters. The second-order valence-corrected chi connectivity index (χ2v) is 13.8. The van der Waals surface area contributed by atoms with Crippen LogP contribution in [-0.4, -0.2) is 63.8 Å². The van der Waals surface area contributed by atoms with Crippen molar-refractivity contribution in [2.75, 3.05) is 26.3 Å². The van der Waals surface area contributed by atoms with Gasteiger partial charge in [-0.3, -0.25) is 0 Å². The van der Waals surface area contributed by atoms with Gasteiger partial charge in [0.25, 0.3) is 0 Å². The molecule has 0 saturated carbocycles. The lowest BCUT2D eigenvalue weighted by Crippen LogP contribution is -2.45. The van der Waals surface area contributed by atoms with Crippen molar-refractivity contribution in [2.45, 2.75) is 50.6 Å². The maximum atomic E-state index is 12.4. The first-order valence-corrected chi connectivity index (χ1v) is 12.3. The zero-order valence-electron chi connectivity index (χ0n) is 13.5. The number of hydrogen-bond donors (Lipinski definition) is 1. The summed E-state index contributed by atoms with van der Waals surface area (Å²) in [5.41, 5.74) is -5.36. The van der Waals surface area contributed by atoms with E-state index in [4.69, 9.17) is 4.74 Å². The zero-order valence-corrected chi connectivity index (χ0v) is 15.3. The molecule has 0 aromatic heterocycles. The van der Waals surface area contributed by atoms with Gasteiger partial charge in [0.1, 0.15) is 0 Å². The molecule has 134 valence electrons. The van der Waals surface area contributed by atoms with Gasteiger partial charge in [0.05, 0.1) is 12.7 Å². The molecule has 0 fully saturated rings. The quantitative estimate of drug-likeness (QED) is 0.476. The van der Waals surface area contributed by atoms with E-state index in [-0.39, 0.29) is 17.5 Å². The second kappa shape index (κ2) is 8.62. The van der Waals surface area contributed by atoms with Crippen LogP contribution in [0.5, 0.6) is 0 Å².